The fourth-order valence-corrected chi connectivity index (χ4v) is 7.30. The number of furan rings is 3. The third-order valence-corrected chi connectivity index (χ3v) is 9.52. The van der Waals surface area contributed by atoms with Gasteiger partial charge in [-0.25, -0.2) is 15.0 Å². The van der Waals surface area contributed by atoms with E-state index in [1.807, 2.05) is 78.9 Å². The lowest BCUT2D eigenvalue weighted by atomic mass is 9.99. The Balaban J connectivity index is 1.17. The van der Waals surface area contributed by atoms with Gasteiger partial charge in [0.15, 0.2) is 17.5 Å². The van der Waals surface area contributed by atoms with Gasteiger partial charge in [-0.1, -0.05) is 109 Å². The van der Waals surface area contributed by atoms with Crippen molar-refractivity contribution in [3.63, 3.8) is 0 Å². The monoisotopic (exact) mass is 629 g/mol. The summed E-state index contributed by atoms with van der Waals surface area (Å²) in [5.41, 5.74) is 7.29. The van der Waals surface area contributed by atoms with Crippen LogP contribution in [-0.4, -0.2) is 15.0 Å². The Labute approximate surface area is 277 Å². The van der Waals surface area contributed by atoms with E-state index in [9.17, 15) is 0 Å². The van der Waals surface area contributed by atoms with Crippen molar-refractivity contribution >= 4 is 76.6 Å². The highest BCUT2D eigenvalue weighted by molar-refractivity contribution is 6.33. The van der Waals surface area contributed by atoms with E-state index in [1.54, 1.807) is 0 Å². The molecule has 11 aromatic rings. The summed E-state index contributed by atoms with van der Waals surface area (Å²) in [5.74, 6) is 1.65. The first-order valence-corrected chi connectivity index (χ1v) is 16.2. The maximum absolute atomic E-state index is 6.71. The molecule has 0 aliphatic rings. The minimum absolute atomic E-state index is 0.535. The molecule has 0 unspecified atom stereocenters. The molecule has 4 heterocycles. The highest BCUT2D eigenvalue weighted by Gasteiger charge is 2.22. The van der Waals surface area contributed by atoms with Crippen molar-refractivity contribution in [3.8, 4) is 34.2 Å². The Bertz CT molecular complexity index is 3120. The molecule has 0 saturated heterocycles. The average molecular weight is 630 g/mol. The molecule has 7 aromatic carbocycles. The van der Waals surface area contributed by atoms with Crippen molar-refractivity contribution in [1.82, 2.24) is 15.0 Å². The summed E-state index contributed by atoms with van der Waals surface area (Å²) >= 11 is 0. The molecule has 11 rings (SSSR count). The van der Waals surface area contributed by atoms with Gasteiger partial charge >= 0.3 is 0 Å². The average Bonchev–Trinajstić information content (AvgIpc) is 3.86. The van der Waals surface area contributed by atoms with Crippen LogP contribution in [0.3, 0.4) is 0 Å². The lowest BCUT2D eigenvalue weighted by Gasteiger charge is -2.08. The van der Waals surface area contributed by atoms with E-state index in [4.69, 9.17) is 28.2 Å². The van der Waals surface area contributed by atoms with Gasteiger partial charge in [-0.05, 0) is 35.7 Å². The summed E-state index contributed by atoms with van der Waals surface area (Å²) in [6.07, 6.45) is 0. The van der Waals surface area contributed by atoms with Crippen LogP contribution in [0.1, 0.15) is 0 Å². The number of nitrogens with zero attached hydrogens (tertiary/aromatic N) is 3. The van der Waals surface area contributed by atoms with E-state index >= 15 is 0 Å². The van der Waals surface area contributed by atoms with E-state index in [2.05, 4.69) is 60.7 Å². The number of para-hydroxylation sites is 3. The van der Waals surface area contributed by atoms with Crippen LogP contribution in [0.15, 0.2) is 153 Å². The quantitative estimate of drug-likeness (QED) is 0.193. The third-order valence-electron chi connectivity index (χ3n) is 9.52. The van der Waals surface area contributed by atoms with E-state index in [-0.39, 0.29) is 0 Å². The van der Waals surface area contributed by atoms with Crippen molar-refractivity contribution < 1.29 is 13.3 Å². The van der Waals surface area contributed by atoms with Crippen molar-refractivity contribution in [2.45, 2.75) is 0 Å². The maximum atomic E-state index is 6.71. The summed E-state index contributed by atoms with van der Waals surface area (Å²) in [7, 11) is 0. The number of hydrogen-bond acceptors (Lipinski definition) is 6. The molecular weight excluding hydrogens is 606 g/mol. The summed E-state index contributed by atoms with van der Waals surface area (Å²) in [6.45, 7) is 0. The lowest BCUT2D eigenvalue weighted by Crippen LogP contribution is -2.00. The first kappa shape index (κ1) is 26.3. The molecule has 0 aliphatic heterocycles. The minimum Gasteiger partial charge on any atom is -0.455 e. The molecule has 0 saturated carbocycles. The first-order valence-electron chi connectivity index (χ1n) is 16.2. The van der Waals surface area contributed by atoms with Crippen LogP contribution in [-0.2, 0) is 0 Å². The summed E-state index contributed by atoms with van der Waals surface area (Å²) in [5, 5.41) is 8.34. The van der Waals surface area contributed by atoms with Gasteiger partial charge in [-0.15, -0.1) is 0 Å². The van der Waals surface area contributed by atoms with Gasteiger partial charge in [0.25, 0.3) is 0 Å². The molecule has 6 heteroatoms. The number of fused-ring (bicyclic) bond motifs is 13. The highest BCUT2D eigenvalue weighted by Crippen LogP contribution is 2.45. The smallest absolute Gasteiger partial charge is 0.167 e. The Kier molecular flexibility index (Phi) is 5.29. The summed E-state index contributed by atoms with van der Waals surface area (Å²) in [4.78, 5) is 15.1. The lowest BCUT2D eigenvalue weighted by molar-refractivity contribution is 0.665. The first-order chi connectivity index (χ1) is 24.3. The fraction of sp³-hybridized carbons (Fsp3) is 0. The molecule has 0 N–H and O–H groups in total. The molecule has 0 amide bonds. The molecule has 6 nitrogen and oxygen atoms in total. The van der Waals surface area contributed by atoms with E-state index < -0.39 is 0 Å². The Hall–Kier alpha value is -6.79. The van der Waals surface area contributed by atoms with Gasteiger partial charge in [0.2, 0.25) is 0 Å². The number of rotatable bonds is 3. The standard InChI is InChI=1S/C43H23N3O3/c1-2-11-24(12-3-1)41-44-42(46-43(45-41)32-18-10-17-28-26-13-6-8-19-33(26)47-38(28)32)25-21-22-31-35(23-25)49-39-29-15-5-4-14-27(29)36-30-16-7-9-20-34(30)48-40(36)37(31)39/h1-23H. The minimum atomic E-state index is 0.535. The Morgan fingerprint density at radius 3 is 1.73 bits per heavy atom. The van der Waals surface area contributed by atoms with Crippen molar-refractivity contribution in [1.29, 1.82) is 0 Å². The second-order valence-electron chi connectivity index (χ2n) is 12.3. The normalized spacial score (nSPS) is 12.1. The molecule has 228 valence electrons. The zero-order chi connectivity index (χ0) is 32.1. The number of aromatic nitrogens is 3. The molecule has 0 bridgehead atoms. The van der Waals surface area contributed by atoms with Crippen LogP contribution in [0, 0.1) is 0 Å². The molecular formula is C43H23N3O3. The molecule has 4 aromatic heterocycles. The summed E-state index contributed by atoms with van der Waals surface area (Å²) in [6, 6.07) is 46.9. The van der Waals surface area contributed by atoms with Crippen LogP contribution in [0.25, 0.3) is 111 Å². The highest BCUT2D eigenvalue weighted by atomic mass is 16.3. The second kappa shape index (κ2) is 9.86. The van der Waals surface area contributed by atoms with E-state index in [0.717, 1.165) is 93.3 Å². The van der Waals surface area contributed by atoms with Gasteiger partial charge in [-0.2, -0.15) is 0 Å². The molecule has 0 aliphatic carbocycles. The van der Waals surface area contributed by atoms with Crippen molar-refractivity contribution in [2.24, 2.45) is 0 Å². The van der Waals surface area contributed by atoms with Gasteiger partial charge in [0.05, 0.1) is 10.9 Å². The van der Waals surface area contributed by atoms with Crippen LogP contribution in [0.5, 0.6) is 0 Å². The Morgan fingerprint density at radius 2 is 0.898 bits per heavy atom. The van der Waals surface area contributed by atoms with Crippen LogP contribution >= 0.6 is 0 Å². The Morgan fingerprint density at radius 1 is 0.327 bits per heavy atom. The van der Waals surface area contributed by atoms with Crippen molar-refractivity contribution in [2.75, 3.05) is 0 Å². The second-order valence-corrected chi connectivity index (χ2v) is 12.3. The van der Waals surface area contributed by atoms with E-state index in [0.29, 0.717) is 17.5 Å². The molecule has 0 fully saturated rings. The zero-order valence-corrected chi connectivity index (χ0v) is 25.8. The van der Waals surface area contributed by atoms with Gasteiger partial charge in [0.1, 0.15) is 33.5 Å². The van der Waals surface area contributed by atoms with Crippen LogP contribution in [0.2, 0.25) is 0 Å². The van der Waals surface area contributed by atoms with Crippen LogP contribution < -0.4 is 0 Å². The predicted molar refractivity (Wildman–Crippen MR) is 195 cm³/mol. The van der Waals surface area contributed by atoms with Gasteiger partial charge < -0.3 is 13.3 Å². The largest absolute Gasteiger partial charge is 0.455 e. The molecule has 0 spiro atoms. The summed E-state index contributed by atoms with van der Waals surface area (Å²) < 4.78 is 19.6. The molecule has 0 radical (unpaired) electrons. The van der Waals surface area contributed by atoms with E-state index in [1.165, 1.54) is 0 Å². The topological polar surface area (TPSA) is 78.1 Å². The number of benzene rings is 7. The molecule has 0 atom stereocenters. The SMILES string of the molecule is c1ccc(-c2nc(-c3ccc4c(c3)oc3c5ccccc5c5c6ccccc6oc5c43)nc(-c3cccc4c3oc3ccccc34)n2)cc1. The fourth-order valence-electron chi connectivity index (χ4n) is 7.30. The zero-order valence-electron chi connectivity index (χ0n) is 25.8. The number of hydrogen-bond donors (Lipinski definition) is 0. The molecule has 49 heavy (non-hydrogen) atoms. The van der Waals surface area contributed by atoms with Crippen LogP contribution in [0.4, 0.5) is 0 Å². The third kappa shape index (κ3) is 3.79. The van der Waals surface area contributed by atoms with Gasteiger partial charge in [0, 0.05) is 43.4 Å². The van der Waals surface area contributed by atoms with Gasteiger partial charge in [-0.3, -0.25) is 0 Å². The maximum Gasteiger partial charge on any atom is 0.167 e. The van der Waals surface area contributed by atoms with Crippen molar-refractivity contribution in [3.05, 3.63) is 140 Å². The predicted octanol–water partition coefficient (Wildman–Crippen LogP) is 11.7.